The van der Waals surface area contributed by atoms with E-state index in [9.17, 15) is 0 Å². The molecule has 0 spiro atoms. The number of hydrogen-bond donors (Lipinski definition) is 1. The molecule has 0 saturated carbocycles. The second-order valence-corrected chi connectivity index (χ2v) is 4.90. The number of benzene rings is 1. The maximum atomic E-state index is 5.95. The van der Waals surface area contributed by atoms with Crippen LogP contribution in [-0.2, 0) is 6.54 Å². The number of halogens is 1. The zero-order chi connectivity index (χ0) is 12.4. The van der Waals surface area contributed by atoms with Crippen LogP contribution in [0.5, 0.6) is 0 Å². The van der Waals surface area contributed by atoms with Crippen LogP contribution in [0.4, 0.5) is 5.82 Å². The van der Waals surface area contributed by atoms with Gasteiger partial charge in [-0.1, -0.05) is 11.6 Å². The topological polar surface area (TPSA) is 50.7 Å². The molecule has 0 fully saturated rings. The molecule has 0 atom stereocenters. The third kappa shape index (κ3) is 2.27. The van der Waals surface area contributed by atoms with Crippen molar-refractivity contribution < 1.29 is 0 Å². The summed E-state index contributed by atoms with van der Waals surface area (Å²) in [5, 5.41) is 16.0. The highest BCUT2D eigenvalue weighted by Crippen LogP contribution is 2.23. The van der Waals surface area contributed by atoms with Crippen LogP contribution in [0.25, 0.3) is 10.8 Å². The molecule has 1 N–H and O–H groups in total. The van der Waals surface area contributed by atoms with Crippen LogP contribution in [0.2, 0.25) is 5.02 Å². The van der Waals surface area contributed by atoms with Crippen molar-refractivity contribution >= 4 is 39.7 Å². The van der Waals surface area contributed by atoms with E-state index in [0.29, 0.717) is 11.6 Å². The number of anilines is 1. The molecule has 0 bridgehead atoms. The lowest BCUT2D eigenvalue weighted by Gasteiger charge is -2.06. The van der Waals surface area contributed by atoms with Crippen molar-refractivity contribution in [1.82, 2.24) is 14.6 Å². The summed E-state index contributed by atoms with van der Waals surface area (Å²) in [7, 11) is 0. The van der Waals surface area contributed by atoms with Crippen LogP contribution in [0.3, 0.4) is 0 Å². The second kappa shape index (κ2) is 4.88. The van der Waals surface area contributed by atoms with Gasteiger partial charge < -0.3 is 5.32 Å². The molecular weight excluding hydrogens is 268 g/mol. The van der Waals surface area contributed by atoms with E-state index in [1.807, 2.05) is 29.8 Å². The third-order valence-corrected chi connectivity index (χ3v) is 3.44. The lowest BCUT2D eigenvalue weighted by Crippen LogP contribution is -2.02. The van der Waals surface area contributed by atoms with Gasteiger partial charge in [0.1, 0.15) is 0 Å². The zero-order valence-electron chi connectivity index (χ0n) is 9.30. The lowest BCUT2D eigenvalue weighted by atomic mass is 10.2. The highest BCUT2D eigenvalue weighted by Gasteiger charge is 2.04. The van der Waals surface area contributed by atoms with E-state index in [0.717, 1.165) is 22.2 Å². The van der Waals surface area contributed by atoms with E-state index in [1.54, 1.807) is 6.20 Å². The molecule has 0 saturated heterocycles. The summed E-state index contributed by atoms with van der Waals surface area (Å²) < 4.78 is 4.06. The largest absolute Gasteiger partial charge is 0.364 e. The van der Waals surface area contributed by atoms with E-state index in [2.05, 4.69) is 19.9 Å². The SMILES string of the molecule is Clc1ccc2c(NCc3cnsc3)nncc2c1. The van der Waals surface area contributed by atoms with Gasteiger partial charge in [-0.05, 0) is 29.7 Å². The Bertz CT molecular complexity index is 669. The number of aromatic nitrogens is 3. The average Bonchev–Trinajstić information content (AvgIpc) is 2.89. The Hall–Kier alpha value is -1.72. The molecule has 4 nitrogen and oxygen atoms in total. The van der Waals surface area contributed by atoms with Gasteiger partial charge in [0, 0.05) is 39.5 Å². The third-order valence-electron chi connectivity index (χ3n) is 2.57. The Morgan fingerprint density at radius 2 is 2.22 bits per heavy atom. The first kappa shape index (κ1) is 11.4. The lowest BCUT2D eigenvalue weighted by molar-refractivity contribution is 1.02. The average molecular weight is 277 g/mol. The fourth-order valence-electron chi connectivity index (χ4n) is 1.69. The number of fused-ring (bicyclic) bond motifs is 1. The van der Waals surface area contributed by atoms with Crippen molar-refractivity contribution in [2.75, 3.05) is 5.32 Å². The van der Waals surface area contributed by atoms with Gasteiger partial charge in [0.15, 0.2) is 5.82 Å². The Balaban J connectivity index is 1.92. The van der Waals surface area contributed by atoms with Crippen molar-refractivity contribution in [2.24, 2.45) is 0 Å². The Morgan fingerprint density at radius 3 is 3.06 bits per heavy atom. The minimum atomic E-state index is 0.687. The van der Waals surface area contributed by atoms with Gasteiger partial charge in [0.05, 0.1) is 6.20 Å². The number of nitrogens with one attached hydrogen (secondary N) is 1. The summed E-state index contributed by atoms with van der Waals surface area (Å²) in [5.41, 5.74) is 1.13. The molecule has 1 aromatic carbocycles. The van der Waals surface area contributed by atoms with Gasteiger partial charge in [-0.3, -0.25) is 0 Å². The molecule has 0 radical (unpaired) electrons. The molecule has 3 aromatic rings. The molecule has 6 heteroatoms. The number of rotatable bonds is 3. The van der Waals surface area contributed by atoms with Gasteiger partial charge in [0.25, 0.3) is 0 Å². The van der Waals surface area contributed by atoms with Gasteiger partial charge in [-0.25, -0.2) is 4.37 Å². The molecule has 90 valence electrons. The fourth-order valence-corrected chi connectivity index (χ4v) is 2.41. The Labute approximate surface area is 113 Å². The van der Waals surface area contributed by atoms with E-state index >= 15 is 0 Å². The van der Waals surface area contributed by atoms with Crippen molar-refractivity contribution in [3.8, 4) is 0 Å². The summed E-state index contributed by atoms with van der Waals surface area (Å²) in [6.07, 6.45) is 3.55. The molecule has 2 heterocycles. The maximum absolute atomic E-state index is 5.95. The summed E-state index contributed by atoms with van der Waals surface area (Å²) in [4.78, 5) is 0. The van der Waals surface area contributed by atoms with Crippen molar-refractivity contribution in [3.63, 3.8) is 0 Å². The summed E-state index contributed by atoms with van der Waals surface area (Å²) >= 11 is 7.39. The minimum absolute atomic E-state index is 0.687. The molecule has 0 aliphatic rings. The standard InChI is InChI=1S/C12H9ClN4S/c13-10-1-2-11-9(3-10)6-15-17-12(11)14-4-8-5-16-18-7-8/h1-3,5-7H,4H2,(H,14,17). The van der Waals surface area contributed by atoms with Crippen LogP contribution in [0, 0.1) is 0 Å². The smallest absolute Gasteiger partial charge is 0.156 e. The summed E-state index contributed by atoms with van der Waals surface area (Å²) in [6, 6.07) is 5.67. The van der Waals surface area contributed by atoms with Gasteiger partial charge in [-0.2, -0.15) is 5.10 Å². The maximum Gasteiger partial charge on any atom is 0.156 e. The molecule has 2 aromatic heterocycles. The molecule has 0 unspecified atom stereocenters. The van der Waals surface area contributed by atoms with Gasteiger partial charge >= 0.3 is 0 Å². The van der Waals surface area contributed by atoms with Crippen LogP contribution in [-0.4, -0.2) is 14.6 Å². The van der Waals surface area contributed by atoms with E-state index in [4.69, 9.17) is 11.6 Å². The van der Waals surface area contributed by atoms with E-state index in [1.165, 1.54) is 11.5 Å². The molecule has 3 rings (SSSR count). The first-order valence-corrected chi connectivity index (χ1v) is 6.57. The van der Waals surface area contributed by atoms with E-state index in [-0.39, 0.29) is 0 Å². The first-order chi connectivity index (χ1) is 8.83. The Kier molecular flexibility index (Phi) is 3.08. The molecule has 0 aliphatic carbocycles. The van der Waals surface area contributed by atoms with Gasteiger partial charge in [0.2, 0.25) is 0 Å². The molecule has 0 amide bonds. The highest BCUT2D eigenvalue weighted by atomic mass is 35.5. The molecule has 18 heavy (non-hydrogen) atoms. The second-order valence-electron chi connectivity index (χ2n) is 3.81. The summed E-state index contributed by atoms with van der Waals surface area (Å²) in [6.45, 7) is 0.687. The van der Waals surface area contributed by atoms with Crippen LogP contribution in [0.1, 0.15) is 5.56 Å². The van der Waals surface area contributed by atoms with E-state index < -0.39 is 0 Å². The predicted octanol–water partition coefficient (Wildman–Crippen LogP) is 3.35. The van der Waals surface area contributed by atoms with Gasteiger partial charge in [-0.15, -0.1) is 5.10 Å². The van der Waals surface area contributed by atoms with Crippen LogP contribution < -0.4 is 5.32 Å². The monoisotopic (exact) mass is 276 g/mol. The zero-order valence-corrected chi connectivity index (χ0v) is 10.9. The van der Waals surface area contributed by atoms with Crippen molar-refractivity contribution in [2.45, 2.75) is 6.54 Å². The number of nitrogens with zero attached hydrogens (tertiary/aromatic N) is 3. The van der Waals surface area contributed by atoms with Crippen LogP contribution >= 0.6 is 23.1 Å². The summed E-state index contributed by atoms with van der Waals surface area (Å²) in [5.74, 6) is 0.760. The van der Waals surface area contributed by atoms with Crippen LogP contribution in [0.15, 0.2) is 36.0 Å². The number of hydrogen-bond acceptors (Lipinski definition) is 5. The first-order valence-electron chi connectivity index (χ1n) is 5.36. The Morgan fingerprint density at radius 1 is 1.28 bits per heavy atom. The molecule has 0 aliphatic heterocycles. The predicted molar refractivity (Wildman–Crippen MR) is 74.0 cm³/mol. The highest BCUT2D eigenvalue weighted by molar-refractivity contribution is 7.03. The molecular formula is C12H9ClN4S. The van der Waals surface area contributed by atoms with Crippen molar-refractivity contribution in [1.29, 1.82) is 0 Å². The normalized spacial score (nSPS) is 10.7. The minimum Gasteiger partial charge on any atom is -0.364 e. The fraction of sp³-hybridized carbons (Fsp3) is 0.0833. The quantitative estimate of drug-likeness (QED) is 0.797. The van der Waals surface area contributed by atoms with Crippen molar-refractivity contribution in [3.05, 3.63) is 46.6 Å².